The van der Waals surface area contributed by atoms with E-state index in [0.717, 1.165) is 22.2 Å². The van der Waals surface area contributed by atoms with Gasteiger partial charge in [-0.15, -0.1) is 0 Å². The minimum absolute atomic E-state index is 0.240. The second-order valence-corrected chi connectivity index (χ2v) is 10.1. The van der Waals surface area contributed by atoms with Crippen molar-refractivity contribution in [3.63, 3.8) is 0 Å². The fourth-order valence-electron chi connectivity index (χ4n) is 4.10. The molecule has 0 aliphatic heterocycles. The average Bonchev–Trinajstić information content (AvgIpc) is 2.79. The fourth-order valence-corrected chi connectivity index (χ4v) is 4.10. The largest absolute Gasteiger partial charge is 0.493 e. The third-order valence-corrected chi connectivity index (χ3v) is 7.80. The zero-order chi connectivity index (χ0) is 25.1. The first-order valence-electron chi connectivity index (χ1n) is 11.6. The number of rotatable bonds is 10. The maximum absolute atomic E-state index is 10.7. The molecule has 2 N–H and O–H groups in total. The molecule has 0 amide bonds. The van der Waals surface area contributed by atoms with Crippen molar-refractivity contribution >= 4 is 84.6 Å². The van der Waals surface area contributed by atoms with E-state index >= 15 is 0 Å². The van der Waals surface area contributed by atoms with E-state index in [9.17, 15) is 5.11 Å². The van der Waals surface area contributed by atoms with Gasteiger partial charge in [-0.05, 0) is 29.9 Å². The van der Waals surface area contributed by atoms with Crippen LogP contribution in [0.2, 0.25) is 0 Å². The number of methoxy groups -OCH3 is 2. The summed E-state index contributed by atoms with van der Waals surface area (Å²) in [6.07, 6.45) is -0.633. The van der Waals surface area contributed by atoms with Crippen molar-refractivity contribution in [1.29, 1.82) is 0 Å². The summed E-state index contributed by atoms with van der Waals surface area (Å²) in [5, 5.41) is 13.7. The first-order chi connectivity index (χ1) is 15.3. The Kier molecular flexibility index (Phi) is 8.92. The Morgan fingerprint density at radius 1 is 0.909 bits per heavy atom. The predicted molar refractivity (Wildman–Crippen MR) is 162 cm³/mol. The Morgan fingerprint density at radius 2 is 1.52 bits per heavy atom. The number of hydrogen-bond acceptors (Lipinski definition) is 5. The molecule has 168 valence electrons. The lowest BCUT2D eigenvalue weighted by Gasteiger charge is -2.44. The maximum Gasteiger partial charge on any atom is 0.160 e. The molecule has 2 aromatic carbocycles. The Labute approximate surface area is 206 Å². The van der Waals surface area contributed by atoms with Crippen molar-refractivity contribution < 1.29 is 19.3 Å². The number of benzene rings is 2. The number of ether oxygens (including phenoxy) is 3. The topological polar surface area (TPSA) is 60.0 Å². The third-order valence-electron chi connectivity index (χ3n) is 7.80. The molecular weight excluding hydrogens is 405 g/mol. The van der Waals surface area contributed by atoms with Crippen LogP contribution < -0.4 is 41.4 Å². The maximum atomic E-state index is 10.7. The van der Waals surface area contributed by atoms with Gasteiger partial charge < -0.3 is 24.6 Å². The number of nitrogens with one attached hydrogen (secondary N) is 1. The van der Waals surface area contributed by atoms with Crippen molar-refractivity contribution in [3.05, 3.63) is 29.3 Å². The minimum Gasteiger partial charge on any atom is -0.493 e. The predicted octanol–water partition coefficient (Wildman–Crippen LogP) is -8.59. The molecule has 0 fully saturated rings. The summed E-state index contributed by atoms with van der Waals surface area (Å²) in [6.45, 7) is 2.79. The molecule has 0 saturated carbocycles. The first-order valence-corrected chi connectivity index (χ1v) is 11.6. The van der Waals surface area contributed by atoms with Gasteiger partial charge in [0.1, 0.15) is 81.2 Å². The molecule has 0 heterocycles. The van der Waals surface area contributed by atoms with Gasteiger partial charge in [0.15, 0.2) is 11.5 Å². The molecule has 0 saturated heterocycles. The van der Waals surface area contributed by atoms with Crippen LogP contribution in [0.1, 0.15) is 11.1 Å². The van der Waals surface area contributed by atoms with Crippen LogP contribution >= 0.6 is 0 Å². The lowest BCUT2D eigenvalue weighted by Crippen LogP contribution is -2.64. The Hall–Kier alpha value is -1.72. The van der Waals surface area contributed by atoms with Gasteiger partial charge in [-0.1, -0.05) is 38.8 Å². The summed E-state index contributed by atoms with van der Waals surface area (Å²) < 4.78 is 17.0. The third kappa shape index (κ3) is 5.68. The molecule has 0 radical (unpaired) electrons. The zero-order valence-electron chi connectivity index (χ0n) is 22.4. The lowest BCUT2D eigenvalue weighted by molar-refractivity contribution is 0.105. The van der Waals surface area contributed by atoms with Gasteiger partial charge in [-0.25, -0.2) is 0 Å². The van der Waals surface area contributed by atoms with Crippen LogP contribution in [0.15, 0.2) is 18.2 Å². The van der Waals surface area contributed by atoms with Gasteiger partial charge in [-0.3, -0.25) is 0 Å². The molecule has 2 aromatic rings. The molecule has 0 spiro atoms. The van der Waals surface area contributed by atoms with E-state index < -0.39 is 6.10 Å². The molecule has 0 aliphatic carbocycles. The minimum atomic E-state index is -0.633. The first kappa shape index (κ1) is 27.5. The van der Waals surface area contributed by atoms with E-state index in [4.69, 9.17) is 14.2 Å². The summed E-state index contributed by atoms with van der Waals surface area (Å²) in [7, 11) is 20.4. The molecule has 2 rings (SSSR count). The lowest BCUT2D eigenvalue weighted by atomic mass is 9.32. The van der Waals surface area contributed by atoms with Gasteiger partial charge in [-0.2, -0.15) is 0 Å². The molecular formula is C20H35B8NO4. The molecule has 0 aliphatic rings. The Bertz CT molecular complexity index is 974. The summed E-state index contributed by atoms with van der Waals surface area (Å²) >= 11 is 0. The van der Waals surface area contributed by atoms with Crippen LogP contribution in [0.5, 0.6) is 17.2 Å². The molecule has 1 unspecified atom stereocenters. The summed E-state index contributed by atoms with van der Waals surface area (Å²) in [5.74, 6) is 2.31. The second kappa shape index (κ2) is 10.7. The van der Waals surface area contributed by atoms with E-state index in [1.165, 1.54) is 16.5 Å². The van der Waals surface area contributed by atoms with Gasteiger partial charge in [0.25, 0.3) is 0 Å². The number of aliphatic hydroxyl groups is 1. The summed E-state index contributed by atoms with van der Waals surface area (Å²) in [5.41, 5.74) is 7.22. The normalized spacial score (nSPS) is 12.8. The summed E-state index contributed by atoms with van der Waals surface area (Å²) in [6, 6.07) is 6.03. The highest BCUT2D eigenvalue weighted by molar-refractivity contribution is 6.60. The van der Waals surface area contributed by atoms with Gasteiger partial charge in [0.2, 0.25) is 0 Å². The monoisotopic (exact) mass is 441 g/mol. The Morgan fingerprint density at radius 3 is 2.09 bits per heavy atom. The highest BCUT2D eigenvalue weighted by Gasteiger charge is 2.38. The molecule has 33 heavy (non-hydrogen) atoms. The van der Waals surface area contributed by atoms with E-state index in [1.54, 1.807) is 14.2 Å². The van der Waals surface area contributed by atoms with Crippen molar-refractivity contribution in [3.8, 4) is 17.2 Å². The zero-order valence-corrected chi connectivity index (χ0v) is 22.4. The van der Waals surface area contributed by atoms with Crippen molar-refractivity contribution in [2.45, 2.75) is 23.6 Å². The molecule has 0 bridgehead atoms. The molecule has 13 heteroatoms. The van der Waals surface area contributed by atoms with Crippen molar-refractivity contribution in [1.82, 2.24) is 5.32 Å². The summed E-state index contributed by atoms with van der Waals surface area (Å²) in [4.78, 5) is 0. The highest BCUT2D eigenvalue weighted by Crippen LogP contribution is 2.34. The van der Waals surface area contributed by atoms with Crippen molar-refractivity contribution in [2.24, 2.45) is 0 Å². The smallest absolute Gasteiger partial charge is 0.160 e. The van der Waals surface area contributed by atoms with E-state index in [0.29, 0.717) is 18.0 Å². The SMILES string of the molecule is Bc1c(B)c(C)c(B)c(OCC(O)CNC(B)(B)C(B)(B)c2ccc(OC)c(OC)c2)c1B. The van der Waals surface area contributed by atoms with Crippen LogP contribution in [0.25, 0.3) is 0 Å². The van der Waals surface area contributed by atoms with Crippen LogP contribution in [0.4, 0.5) is 0 Å². The quantitative estimate of drug-likeness (QED) is 0.360. The van der Waals surface area contributed by atoms with Crippen LogP contribution in [-0.4, -0.2) is 107 Å². The van der Waals surface area contributed by atoms with Gasteiger partial charge >= 0.3 is 0 Å². The molecule has 5 nitrogen and oxygen atoms in total. The van der Waals surface area contributed by atoms with E-state index in [-0.39, 0.29) is 17.2 Å². The van der Waals surface area contributed by atoms with Gasteiger partial charge in [0.05, 0.1) is 14.2 Å². The Balaban J connectivity index is 2.09. The molecule has 0 aromatic heterocycles. The van der Waals surface area contributed by atoms with Crippen LogP contribution in [0.3, 0.4) is 0 Å². The van der Waals surface area contributed by atoms with Gasteiger partial charge in [0, 0.05) is 6.54 Å². The van der Waals surface area contributed by atoms with Crippen LogP contribution in [0, 0.1) is 6.92 Å². The number of aliphatic hydroxyl groups excluding tert-OH is 1. The molecule has 1 atom stereocenters. The van der Waals surface area contributed by atoms with Crippen LogP contribution in [-0.2, 0) is 5.21 Å². The standard InChI is InChI=1S/C20H35B8NO4/c1-9-14(21)16(23)17(24)18(15(9)22)33-8-11(30)7-29-20(27,28)19(25,26)10-4-5-12(31-2)13(6-10)32-3/h4-6,11,29-30H,7-8,21-28H2,1-3H3. The van der Waals surface area contributed by atoms with Crippen molar-refractivity contribution in [2.75, 3.05) is 27.4 Å². The fraction of sp³-hybridized carbons (Fsp3) is 0.400. The second-order valence-electron chi connectivity index (χ2n) is 10.1. The average molecular weight is 440 g/mol. The number of hydrogen-bond donors (Lipinski definition) is 2. The highest BCUT2D eigenvalue weighted by atomic mass is 16.5. The van der Waals surface area contributed by atoms with E-state index in [1.807, 2.05) is 12.1 Å². The van der Waals surface area contributed by atoms with E-state index in [2.05, 4.69) is 81.1 Å².